The summed E-state index contributed by atoms with van der Waals surface area (Å²) in [6.45, 7) is 5.73. The molecule has 0 aliphatic heterocycles. The van der Waals surface area contributed by atoms with Gasteiger partial charge in [-0.1, -0.05) is 19.1 Å². The van der Waals surface area contributed by atoms with Crippen LogP contribution in [0.1, 0.15) is 24.6 Å². The average molecular weight is 277 g/mol. The minimum atomic E-state index is -1.09. The topological polar surface area (TPSA) is 91.3 Å². The number of hydrogen-bond donors (Lipinski definition) is 3. The van der Waals surface area contributed by atoms with Crippen LogP contribution in [0.25, 0.3) is 0 Å². The molecule has 0 fully saturated rings. The van der Waals surface area contributed by atoms with Crippen molar-refractivity contribution in [3.63, 3.8) is 0 Å². The number of carbonyl (C=O) groups excluding carboxylic acids is 1. The SMILES string of the molecule is C=CCC(NC(=O)NCc1ncccc1CC)C(=O)O. The molecule has 1 atom stereocenters. The highest BCUT2D eigenvalue weighted by Gasteiger charge is 2.18. The molecule has 0 spiro atoms. The number of carbonyl (C=O) groups is 2. The van der Waals surface area contributed by atoms with Gasteiger partial charge < -0.3 is 15.7 Å². The summed E-state index contributed by atoms with van der Waals surface area (Å²) in [5.74, 6) is -1.09. The third kappa shape index (κ3) is 4.72. The summed E-state index contributed by atoms with van der Waals surface area (Å²) in [5, 5.41) is 13.9. The number of aryl methyl sites for hydroxylation is 1. The Morgan fingerprint density at radius 3 is 2.90 bits per heavy atom. The minimum Gasteiger partial charge on any atom is -0.480 e. The predicted octanol–water partition coefficient (Wildman–Crippen LogP) is 1.47. The van der Waals surface area contributed by atoms with Crippen LogP contribution in [-0.4, -0.2) is 28.1 Å². The van der Waals surface area contributed by atoms with Gasteiger partial charge in [-0.15, -0.1) is 6.58 Å². The first kappa shape index (κ1) is 15.7. The molecule has 20 heavy (non-hydrogen) atoms. The zero-order valence-corrected chi connectivity index (χ0v) is 11.4. The average Bonchev–Trinajstić information content (AvgIpc) is 2.44. The van der Waals surface area contributed by atoms with Crippen molar-refractivity contribution in [2.45, 2.75) is 32.4 Å². The largest absolute Gasteiger partial charge is 0.480 e. The summed E-state index contributed by atoms with van der Waals surface area (Å²) >= 11 is 0. The molecule has 6 nitrogen and oxygen atoms in total. The minimum absolute atomic E-state index is 0.173. The van der Waals surface area contributed by atoms with Gasteiger partial charge in [0, 0.05) is 6.20 Å². The highest BCUT2D eigenvalue weighted by molar-refractivity contribution is 5.82. The molecular formula is C14H19N3O3. The van der Waals surface area contributed by atoms with Gasteiger partial charge in [0.25, 0.3) is 0 Å². The van der Waals surface area contributed by atoms with Crippen molar-refractivity contribution < 1.29 is 14.7 Å². The van der Waals surface area contributed by atoms with E-state index in [1.807, 2.05) is 19.1 Å². The maximum atomic E-state index is 11.7. The van der Waals surface area contributed by atoms with Crippen molar-refractivity contribution in [2.24, 2.45) is 0 Å². The number of rotatable bonds is 7. The van der Waals surface area contributed by atoms with Crippen molar-refractivity contribution in [2.75, 3.05) is 0 Å². The first-order valence-electron chi connectivity index (χ1n) is 6.39. The number of aliphatic carboxylic acids is 1. The van der Waals surface area contributed by atoms with E-state index in [-0.39, 0.29) is 13.0 Å². The number of nitrogens with one attached hydrogen (secondary N) is 2. The standard InChI is InChI=1S/C14H19N3O3/c1-3-6-11(13(18)19)17-14(20)16-9-12-10(4-2)7-5-8-15-12/h3,5,7-8,11H,1,4,6,9H2,2H3,(H,18,19)(H2,16,17,20). The quantitative estimate of drug-likeness (QED) is 0.658. The third-order valence-corrected chi connectivity index (χ3v) is 2.79. The Hall–Kier alpha value is -2.37. The monoisotopic (exact) mass is 277 g/mol. The number of amides is 2. The van der Waals surface area contributed by atoms with E-state index in [4.69, 9.17) is 5.11 Å². The zero-order valence-electron chi connectivity index (χ0n) is 11.4. The summed E-state index contributed by atoms with van der Waals surface area (Å²) in [4.78, 5) is 26.8. The molecular weight excluding hydrogens is 258 g/mol. The molecule has 0 aliphatic carbocycles. The van der Waals surface area contributed by atoms with Gasteiger partial charge in [0.05, 0.1) is 12.2 Å². The van der Waals surface area contributed by atoms with Crippen LogP contribution in [0.4, 0.5) is 4.79 Å². The fraction of sp³-hybridized carbons (Fsp3) is 0.357. The van der Waals surface area contributed by atoms with E-state index in [9.17, 15) is 9.59 Å². The van der Waals surface area contributed by atoms with Gasteiger partial charge in [-0.3, -0.25) is 4.98 Å². The van der Waals surface area contributed by atoms with Gasteiger partial charge in [-0.05, 0) is 24.5 Å². The molecule has 0 radical (unpaired) electrons. The Kier molecular flexibility index (Phi) is 6.22. The summed E-state index contributed by atoms with van der Waals surface area (Å²) in [6.07, 6.45) is 4.10. The normalized spacial score (nSPS) is 11.4. The number of hydrogen-bond acceptors (Lipinski definition) is 3. The molecule has 1 aromatic rings. The van der Waals surface area contributed by atoms with Gasteiger partial charge in [0.2, 0.25) is 0 Å². The maximum Gasteiger partial charge on any atom is 0.326 e. The highest BCUT2D eigenvalue weighted by atomic mass is 16.4. The Bertz CT molecular complexity index is 488. The van der Waals surface area contributed by atoms with E-state index in [0.29, 0.717) is 0 Å². The van der Waals surface area contributed by atoms with Crippen LogP contribution in [0, 0.1) is 0 Å². The first-order valence-corrected chi connectivity index (χ1v) is 6.39. The van der Waals surface area contributed by atoms with Crippen LogP contribution in [0.2, 0.25) is 0 Å². The molecule has 0 saturated heterocycles. The van der Waals surface area contributed by atoms with Crippen molar-refractivity contribution in [1.29, 1.82) is 0 Å². The molecule has 108 valence electrons. The molecule has 3 N–H and O–H groups in total. The molecule has 1 heterocycles. The molecule has 1 unspecified atom stereocenters. The van der Waals surface area contributed by atoms with Crippen LogP contribution in [-0.2, 0) is 17.8 Å². The van der Waals surface area contributed by atoms with Crippen LogP contribution in [0.15, 0.2) is 31.0 Å². The number of pyridine rings is 1. The molecule has 6 heteroatoms. The summed E-state index contributed by atoms with van der Waals surface area (Å²) in [6, 6.07) is 2.28. The summed E-state index contributed by atoms with van der Waals surface area (Å²) < 4.78 is 0. The van der Waals surface area contributed by atoms with Crippen LogP contribution in [0.3, 0.4) is 0 Å². The molecule has 1 aromatic heterocycles. The molecule has 0 saturated carbocycles. The number of carboxylic acids is 1. The zero-order chi connectivity index (χ0) is 15.0. The molecule has 0 aromatic carbocycles. The van der Waals surface area contributed by atoms with Gasteiger partial charge >= 0.3 is 12.0 Å². The van der Waals surface area contributed by atoms with Crippen molar-refractivity contribution in [3.8, 4) is 0 Å². The smallest absolute Gasteiger partial charge is 0.326 e. The lowest BCUT2D eigenvalue weighted by atomic mass is 10.1. The Morgan fingerprint density at radius 1 is 1.55 bits per heavy atom. The van der Waals surface area contributed by atoms with Crippen molar-refractivity contribution >= 4 is 12.0 Å². The van der Waals surface area contributed by atoms with E-state index >= 15 is 0 Å². The van der Waals surface area contributed by atoms with Crippen LogP contribution in [0.5, 0.6) is 0 Å². The second-order valence-electron chi connectivity index (χ2n) is 4.20. The van der Waals surface area contributed by atoms with Gasteiger partial charge in [-0.25, -0.2) is 9.59 Å². The fourth-order valence-corrected chi connectivity index (χ4v) is 1.71. The number of nitrogens with zero attached hydrogens (tertiary/aromatic N) is 1. The predicted molar refractivity (Wildman–Crippen MR) is 75.2 cm³/mol. The Balaban J connectivity index is 2.54. The first-order chi connectivity index (χ1) is 9.58. The van der Waals surface area contributed by atoms with E-state index in [0.717, 1.165) is 17.7 Å². The second kappa shape index (κ2) is 7.93. The fourth-order valence-electron chi connectivity index (χ4n) is 1.71. The van der Waals surface area contributed by atoms with Crippen molar-refractivity contribution in [1.82, 2.24) is 15.6 Å². The third-order valence-electron chi connectivity index (χ3n) is 2.79. The lowest BCUT2D eigenvalue weighted by Crippen LogP contribution is -2.45. The summed E-state index contributed by atoms with van der Waals surface area (Å²) in [5.41, 5.74) is 1.83. The molecule has 2 amide bonds. The number of carboxylic acid groups (broad SMARTS) is 1. The highest BCUT2D eigenvalue weighted by Crippen LogP contribution is 2.05. The lowest BCUT2D eigenvalue weighted by Gasteiger charge is -2.14. The molecule has 1 rings (SSSR count). The van der Waals surface area contributed by atoms with Crippen LogP contribution < -0.4 is 10.6 Å². The van der Waals surface area contributed by atoms with E-state index < -0.39 is 18.0 Å². The van der Waals surface area contributed by atoms with Gasteiger partial charge in [0.15, 0.2) is 0 Å². The summed E-state index contributed by atoms with van der Waals surface area (Å²) in [7, 11) is 0. The van der Waals surface area contributed by atoms with E-state index in [1.165, 1.54) is 6.08 Å². The lowest BCUT2D eigenvalue weighted by molar-refractivity contribution is -0.139. The Labute approximate surface area is 117 Å². The number of urea groups is 1. The van der Waals surface area contributed by atoms with E-state index in [2.05, 4.69) is 22.2 Å². The van der Waals surface area contributed by atoms with Gasteiger partial charge in [0.1, 0.15) is 6.04 Å². The maximum absolute atomic E-state index is 11.7. The molecule has 0 aliphatic rings. The van der Waals surface area contributed by atoms with Crippen LogP contribution >= 0.6 is 0 Å². The van der Waals surface area contributed by atoms with E-state index in [1.54, 1.807) is 6.20 Å². The number of aromatic nitrogens is 1. The van der Waals surface area contributed by atoms with Gasteiger partial charge in [-0.2, -0.15) is 0 Å². The second-order valence-corrected chi connectivity index (χ2v) is 4.20. The van der Waals surface area contributed by atoms with Crippen molar-refractivity contribution in [3.05, 3.63) is 42.2 Å². The Morgan fingerprint density at radius 2 is 2.30 bits per heavy atom. The molecule has 0 bridgehead atoms.